The van der Waals surface area contributed by atoms with Gasteiger partial charge in [0.2, 0.25) is 0 Å². The van der Waals surface area contributed by atoms with Gasteiger partial charge in [-0.3, -0.25) is 0 Å². The van der Waals surface area contributed by atoms with E-state index in [4.69, 9.17) is 0 Å². The summed E-state index contributed by atoms with van der Waals surface area (Å²) in [6.07, 6.45) is 1.52. The summed E-state index contributed by atoms with van der Waals surface area (Å²) in [7, 11) is 0. The van der Waals surface area contributed by atoms with Crippen LogP contribution >= 0.6 is 11.3 Å². The van der Waals surface area contributed by atoms with Crippen molar-refractivity contribution < 1.29 is 13.1 Å². The van der Waals surface area contributed by atoms with Gasteiger partial charge < -0.3 is 17.6 Å². The fraction of sp³-hybridized carbons (Fsp3) is 0.381. The van der Waals surface area contributed by atoms with Gasteiger partial charge in [-0.15, -0.1) is 11.3 Å². The summed E-state index contributed by atoms with van der Waals surface area (Å²) >= 11 is 1.62. The molecule has 0 unspecified atom stereocenters. The maximum absolute atomic E-state index is 16.0. The molecule has 6 heteroatoms. The van der Waals surface area contributed by atoms with E-state index in [2.05, 4.69) is 0 Å². The van der Waals surface area contributed by atoms with E-state index in [1.165, 1.54) is 8.96 Å². The fourth-order valence-corrected chi connectivity index (χ4v) is 5.90. The van der Waals surface area contributed by atoms with Gasteiger partial charge in [0.25, 0.3) is 0 Å². The number of aromatic nitrogens is 1. The van der Waals surface area contributed by atoms with Gasteiger partial charge in [-0.2, -0.15) is 0 Å². The largest absolute Gasteiger partial charge is 0.737 e. The number of hydrogen-bond acceptors (Lipinski definition) is 1. The SMILES string of the molecule is CCC1=C(C)C2=C(c3cccs3)c3c(C)c(CC)c(C)n3[B-](F)(F)[N+]2=C1C. The van der Waals surface area contributed by atoms with Crippen molar-refractivity contribution in [2.75, 3.05) is 0 Å². The van der Waals surface area contributed by atoms with Crippen molar-refractivity contribution in [3.8, 4) is 0 Å². The van der Waals surface area contributed by atoms with Gasteiger partial charge in [0, 0.05) is 28.6 Å². The molecule has 0 atom stereocenters. The Morgan fingerprint density at radius 3 is 2.37 bits per heavy atom. The minimum absolute atomic E-state index is 0.693. The van der Waals surface area contributed by atoms with Crippen LogP contribution in [0, 0.1) is 13.8 Å². The lowest BCUT2D eigenvalue weighted by Gasteiger charge is -2.33. The van der Waals surface area contributed by atoms with Gasteiger partial charge in [-0.25, -0.2) is 0 Å². The fourth-order valence-electron chi connectivity index (χ4n) is 5.13. The average molecular weight is 386 g/mol. The van der Waals surface area contributed by atoms with Crippen molar-refractivity contribution in [1.82, 2.24) is 4.48 Å². The van der Waals surface area contributed by atoms with Gasteiger partial charge >= 0.3 is 6.97 Å². The van der Waals surface area contributed by atoms with Crippen LogP contribution in [-0.4, -0.2) is 21.6 Å². The monoisotopic (exact) mass is 386 g/mol. The van der Waals surface area contributed by atoms with Crippen LogP contribution in [0.25, 0.3) is 5.57 Å². The summed E-state index contributed by atoms with van der Waals surface area (Å²) in [5.74, 6) is 0. The van der Waals surface area contributed by atoms with E-state index in [9.17, 15) is 0 Å². The summed E-state index contributed by atoms with van der Waals surface area (Å²) in [5, 5.41) is 2.02. The first-order valence-corrected chi connectivity index (χ1v) is 10.5. The second-order valence-corrected chi connectivity index (χ2v) is 8.41. The van der Waals surface area contributed by atoms with Crippen LogP contribution in [0.1, 0.15) is 61.5 Å². The minimum Gasteiger partial charge on any atom is -0.393 e. The molecule has 2 aromatic rings. The molecule has 0 spiro atoms. The lowest BCUT2D eigenvalue weighted by atomic mass is 9.85. The van der Waals surface area contributed by atoms with Gasteiger partial charge in [0.15, 0.2) is 5.70 Å². The van der Waals surface area contributed by atoms with Crippen LogP contribution in [0.15, 0.2) is 34.4 Å². The van der Waals surface area contributed by atoms with E-state index in [1.54, 1.807) is 11.3 Å². The standard InChI is InChI=1S/C21H25BF2N2S/c1-7-16-12(3)20-19(18-10-9-11-27-18)21-13(4)17(8-2)15(6)26(21)22(23,24)25(20)14(16)5/h9-11H,7-8H2,1-6H3. The molecule has 0 radical (unpaired) electrons. The quantitative estimate of drug-likeness (QED) is 0.577. The molecule has 142 valence electrons. The summed E-state index contributed by atoms with van der Waals surface area (Å²) in [6, 6.07) is 4.04. The molecule has 0 amide bonds. The topological polar surface area (TPSA) is 7.94 Å². The highest BCUT2D eigenvalue weighted by molar-refractivity contribution is 7.11. The lowest BCUT2D eigenvalue weighted by Crippen LogP contribution is -2.51. The Balaban J connectivity index is 2.23. The zero-order chi connectivity index (χ0) is 19.7. The highest BCUT2D eigenvalue weighted by Gasteiger charge is 2.56. The maximum Gasteiger partial charge on any atom is 0.737 e. The second kappa shape index (κ2) is 6.03. The smallest absolute Gasteiger partial charge is 0.393 e. The molecule has 0 saturated heterocycles. The number of nitrogens with zero attached hydrogens (tertiary/aromatic N) is 2. The Hall–Kier alpha value is -1.95. The Bertz CT molecular complexity index is 1050. The Morgan fingerprint density at radius 2 is 1.81 bits per heavy atom. The van der Waals surface area contributed by atoms with Gasteiger partial charge in [0.05, 0.1) is 5.57 Å². The van der Waals surface area contributed by atoms with E-state index < -0.39 is 6.97 Å². The molecule has 2 aliphatic rings. The zero-order valence-corrected chi connectivity index (χ0v) is 17.6. The first-order valence-electron chi connectivity index (χ1n) is 9.61. The third-order valence-corrected chi connectivity index (χ3v) is 7.15. The maximum atomic E-state index is 16.0. The van der Waals surface area contributed by atoms with E-state index in [0.29, 0.717) is 22.8 Å². The van der Waals surface area contributed by atoms with Crippen LogP contribution in [0.2, 0.25) is 0 Å². The Kier molecular flexibility index (Phi) is 4.11. The minimum atomic E-state index is -3.92. The molecule has 2 nitrogen and oxygen atoms in total. The highest BCUT2D eigenvalue weighted by atomic mass is 32.1. The van der Waals surface area contributed by atoms with Gasteiger partial charge in [-0.05, 0) is 61.9 Å². The second-order valence-electron chi connectivity index (χ2n) is 7.46. The van der Waals surface area contributed by atoms with Crippen molar-refractivity contribution in [3.05, 3.63) is 61.7 Å². The molecule has 0 aromatic carbocycles. The van der Waals surface area contributed by atoms with Gasteiger partial charge in [0.1, 0.15) is 5.71 Å². The van der Waals surface area contributed by atoms with Crippen LogP contribution in [-0.2, 0) is 6.42 Å². The van der Waals surface area contributed by atoms with Crippen LogP contribution < -0.4 is 0 Å². The molecule has 0 aliphatic carbocycles. The molecule has 2 aromatic heterocycles. The van der Waals surface area contributed by atoms with E-state index in [-0.39, 0.29) is 0 Å². The normalized spacial score (nSPS) is 18.5. The molecule has 27 heavy (non-hydrogen) atoms. The van der Waals surface area contributed by atoms with Crippen molar-refractivity contribution in [2.45, 2.75) is 54.4 Å². The van der Waals surface area contributed by atoms with Crippen LogP contribution in [0.3, 0.4) is 0 Å². The van der Waals surface area contributed by atoms with Crippen molar-refractivity contribution in [2.24, 2.45) is 0 Å². The molecule has 0 bridgehead atoms. The highest BCUT2D eigenvalue weighted by Crippen LogP contribution is 2.47. The molecule has 0 fully saturated rings. The van der Waals surface area contributed by atoms with Crippen molar-refractivity contribution >= 4 is 29.6 Å². The summed E-state index contributed by atoms with van der Waals surface area (Å²) in [6.45, 7) is 7.85. The number of halogens is 2. The lowest BCUT2D eigenvalue weighted by molar-refractivity contribution is -0.363. The third-order valence-electron chi connectivity index (χ3n) is 6.26. The molecule has 2 aliphatic heterocycles. The molecule has 4 heterocycles. The number of fused-ring (bicyclic) bond motifs is 2. The first kappa shape index (κ1) is 18.4. The van der Waals surface area contributed by atoms with E-state index in [0.717, 1.165) is 45.6 Å². The summed E-state index contributed by atoms with van der Waals surface area (Å²) < 4.78 is 34.6. The van der Waals surface area contributed by atoms with Crippen molar-refractivity contribution in [3.63, 3.8) is 0 Å². The average Bonchev–Trinajstić information content (AvgIpc) is 3.28. The third kappa shape index (κ3) is 2.19. The van der Waals surface area contributed by atoms with E-state index in [1.807, 2.05) is 59.1 Å². The molecule has 0 N–H and O–H groups in total. The Morgan fingerprint density at radius 1 is 1.11 bits per heavy atom. The number of hydrogen-bond donors (Lipinski definition) is 0. The predicted octanol–water partition coefficient (Wildman–Crippen LogP) is 5.94. The molecular weight excluding hydrogens is 361 g/mol. The molecule has 0 saturated carbocycles. The summed E-state index contributed by atoms with van der Waals surface area (Å²) in [4.78, 5) is 1.05. The number of thiophene rings is 1. The number of allylic oxidation sites excluding steroid dienone is 2. The predicted molar refractivity (Wildman–Crippen MR) is 111 cm³/mol. The van der Waals surface area contributed by atoms with Crippen molar-refractivity contribution in [1.29, 1.82) is 0 Å². The molecule has 4 rings (SSSR count). The van der Waals surface area contributed by atoms with Crippen LogP contribution in [0.5, 0.6) is 0 Å². The Labute approximate surface area is 163 Å². The first-order chi connectivity index (χ1) is 12.8. The zero-order valence-electron chi connectivity index (χ0n) is 16.8. The van der Waals surface area contributed by atoms with Gasteiger partial charge in [-0.1, -0.05) is 19.9 Å². The van der Waals surface area contributed by atoms with Crippen LogP contribution in [0.4, 0.5) is 8.63 Å². The number of rotatable bonds is 3. The molecular formula is C21H25BF2N2S. The van der Waals surface area contributed by atoms with E-state index >= 15 is 8.63 Å². The summed E-state index contributed by atoms with van der Waals surface area (Å²) in [5.41, 5.74) is 7.80.